The molecule has 4 rings (SSSR count). The molecule has 2 aromatic heterocycles. The van der Waals surface area contributed by atoms with E-state index in [-0.39, 0.29) is 22.6 Å². The average Bonchev–Trinajstić information content (AvgIpc) is 3.43. The molecule has 0 unspecified atom stereocenters. The fourth-order valence-corrected chi connectivity index (χ4v) is 3.39. The van der Waals surface area contributed by atoms with Crippen LogP contribution in [0.25, 0.3) is 5.69 Å². The van der Waals surface area contributed by atoms with E-state index in [1.54, 1.807) is 32.9 Å². The SMILES string of the molecule is Cc1cc(C(=O)Nc2cc(NC(=O)c3cc(-n4ccnc4C)cc(C(F)(F)F)c3)ccc2C)no1. The number of rotatable bonds is 5. The maximum atomic E-state index is 13.5. The molecule has 11 heteroatoms. The van der Waals surface area contributed by atoms with Gasteiger partial charge in [0.1, 0.15) is 11.6 Å². The lowest BCUT2D eigenvalue weighted by Gasteiger charge is -2.14. The summed E-state index contributed by atoms with van der Waals surface area (Å²) in [7, 11) is 0. The van der Waals surface area contributed by atoms with Crippen molar-refractivity contribution in [3.05, 3.63) is 88.8 Å². The van der Waals surface area contributed by atoms with Crippen LogP contribution in [0.3, 0.4) is 0 Å². The van der Waals surface area contributed by atoms with Crippen molar-refractivity contribution in [2.24, 2.45) is 0 Å². The van der Waals surface area contributed by atoms with E-state index in [1.807, 2.05) is 0 Å². The highest BCUT2D eigenvalue weighted by Crippen LogP contribution is 2.32. The minimum absolute atomic E-state index is 0.0858. The number of imidazole rings is 1. The van der Waals surface area contributed by atoms with Gasteiger partial charge in [0.15, 0.2) is 5.69 Å². The van der Waals surface area contributed by atoms with E-state index in [0.29, 0.717) is 22.8 Å². The summed E-state index contributed by atoms with van der Waals surface area (Å²) in [6, 6.07) is 9.31. The first kappa shape index (κ1) is 23.7. The number of anilines is 2. The molecule has 0 fully saturated rings. The number of hydrogen-bond acceptors (Lipinski definition) is 5. The van der Waals surface area contributed by atoms with Crippen LogP contribution in [0.2, 0.25) is 0 Å². The third-order valence-corrected chi connectivity index (χ3v) is 5.22. The van der Waals surface area contributed by atoms with Gasteiger partial charge in [-0.15, -0.1) is 0 Å². The van der Waals surface area contributed by atoms with Crippen LogP contribution in [0.1, 0.15) is 43.6 Å². The zero-order chi connectivity index (χ0) is 25.3. The predicted molar refractivity (Wildman–Crippen MR) is 122 cm³/mol. The molecule has 0 aliphatic heterocycles. The molecule has 0 atom stereocenters. The van der Waals surface area contributed by atoms with Crippen molar-refractivity contribution < 1.29 is 27.3 Å². The number of hydrogen-bond donors (Lipinski definition) is 2. The second kappa shape index (κ2) is 9.09. The topological polar surface area (TPSA) is 102 Å². The van der Waals surface area contributed by atoms with Gasteiger partial charge in [0.2, 0.25) is 0 Å². The van der Waals surface area contributed by atoms with Crippen molar-refractivity contribution in [2.75, 3.05) is 10.6 Å². The standard InChI is InChI=1S/C24H20F3N5O3/c1-13-4-5-18(12-20(13)30-23(34)21-8-14(2)35-31-21)29-22(33)16-9-17(24(25,26)27)11-19(10-16)32-7-6-28-15(32)3/h4-12H,1-3H3,(H,29,33)(H,30,34). The Bertz CT molecular complexity index is 1420. The molecule has 0 aliphatic carbocycles. The van der Waals surface area contributed by atoms with Crippen molar-refractivity contribution in [1.82, 2.24) is 14.7 Å². The Labute approximate surface area is 197 Å². The fourth-order valence-electron chi connectivity index (χ4n) is 3.39. The highest BCUT2D eigenvalue weighted by molar-refractivity contribution is 6.06. The van der Waals surface area contributed by atoms with E-state index in [9.17, 15) is 22.8 Å². The van der Waals surface area contributed by atoms with Gasteiger partial charge in [-0.25, -0.2) is 4.98 Å². The number of carbonyl (C=O) groups excluding carboxylic acids is 2. The Morgan fingerprint density at radius 3 is 2.37 bits per heavy atom. The molecule has 4 aromatic rings. The molecule has 35 heavy (non-hydrogen) atoms. The third-order valence-electron chi connectivity index (χ3n) is 5.22. The van der Waals surface area contributed by atoms with Gasteiger partial charge in [0.05, 0.1) is 5.56 Å². The predicted octanol–water partition coefficient (Wildman–Crippen LogP) is 5.31. The van der Waals surface area contributed by atoms with Crippen molar-refractivity contribution in [3.63, 3.8) is 0 Å². The number of amides is 2. The van der Waals surface area contributed by atoms with Crippen LogP contribution in [0.15, 0.2) is 59.4 Å². The van der Waals surface area contributed by atoms with Gasteiger partial charge in [-0.1, -0.05) is 11.2 Å². The van der Waals surface area contributed by atoms with Gasteiger partial charge in [0.25, 0.3) is 11.8 Å². The highest BCUT2D eigenvalue weighted by atomic mass is 19.4. The molecule has 2 N–H and O–H groups in total. The summed E-state index contributed by atoms with van der Waals surface area (Å²) in [6.07, 6.45) is -1.68. The number of nitrogens with zero attached hydrogens (tertiary/aromatic N) is 3. The fraction of sp³-hybridized carbons (Fsp3) is 0.167. The minimum atomic E-state index is -4.65. The summed E-state index contributed by atoms with van der Waals surface area (Å²) in [5.74, 6) is -0.314. The molecule has 2 aromatic carbocycles. The Morgan fingerprint density at radius 1 is 0.971 bits per heavy atom. The maximum absolute atomic E-state index is 13.5. The van der Waals surface area contributed by atoms with Gasteiger partial charge >= 0.3 is 6.18 Å². The Morgan fingerprint density at radius 2 is 1.74 bits per heavy atom. The van der Waals surface area contributed by atoms with Gasteiger partial charge in [-0.2, -0.15) is 13.2 Å². The van der Waals surface area contributed by atoms with E-state index in [1.165, 1.54) is 35.2 Å². The number of aryl methyl sites for hydroxylation is 3. The molecule has 2 heterocycles. The summed E-state index contributed by atoms with van der Waals surface area (Å²) >= 11 is 0. The molecule has 0 spiro atoms. The van der Waals surface area contributed by atoms with Crippen LogP contribution in [0, 0.1) is 20.8 Å². The summed E-state index contributed by atoms with van der Waals surface area (Å²) in [5, 5.41) is 8.94. The molecule has 0 saturated carbocycles. The van der Waals surface area contributed by atoms with E-state index in [4.69, 9.17) is 4.52 Å². The number of benzene rings is 2. The molecule has 0 saturated heterocycles. The van der Waals surface area contributed by atoms with E-state index < -0.39 is 23.6 Å². The van der Waals surface area contributed by atoms with Gasteiger partial charge < -0.3 is 19.7 Å². The van der Waals surface area contributed by atoms with E-state index in [0.717, 1.165) is 12.1 Å². The number of alkyl halides is 3. The number of carbonyl (C=O) groups is 2. The first-order valence-electron chi connectivity index (χ1n) is 10.4. The Balaban J connectivity index is 1.61. The van der Waals surface area contributed by atoms with Crippen molar-refractivity contribution in [1.29, 1.82) is 0 Å². The lowest BCUT2D eigenvalue weighted by atomic mass is 10.1. The highest BCUT2D eigenvalue weighted by Gasteiger charge is 2.32. The van der Waals surface area contributed by atoms with Crippen LogP contribution in [0.5, 0.6) is 0 Å². The van der Waals surface area contributed by atoms with Crippen LogP contribution in [-0.2, 0) is 6.18 Å². The summed E-state index contributed by atoms with van der Waals surface area (Å²) < 4.78 is 47.0. The molecule has 8 nitrogen and oxygen atoms in total. The van der Waals surface area contributed by atoms with E-state index >= 15 is 0 Å². The largest absolute Gasteiger partial charge is 0.416 e. The number of nitrogens with one attached hydrogen (secondary N) is 2. The van der Waals surface area contributed by atoms with E-state index in [2.05, 4.69) is 20.8 Å². The van der Waals surface area contributed by atoms with Gasteiger partial charge in [0, 0.05) is 41.1 Å². The molecular formula is C24H20F3N5O3. The normalized spacial score (nSPS) is 11.4. The monoisotopic (exact) mass is 483 g/mol. The number of aromatic nitrogens is 3. The summed E-state index contributed by atoms with van der Waals surface area (Å²) in [4.78, 5) is 29.4. The van der Waals surface area contributed by atoms with Crippen LogP contribution in [0.4, 0.5) is 24.5 Å². The first-order valence-corrected chi connectivity index (χ1v) is 10.4. The second-order valence-corrected chi connectivity index (χ2v) is 7.87. The summed E-state index contributed by atoms with van der Waals surface area (Å²) in [6.45, 7) is 5.04. The van der Waals surface area contributed by atoms with Crippen LogP contribution < -0.4 is 10.6 Å². The molecule has 0 bridgehead atoms. The molecular weight excluding hydrogens is 463 g/mol. The Kier molecular flexibility index (Phi) is 6.16. The molecule has 180 valence electrons. The maximum Gasteiger partial charge on any atom is 0.416 e. The Hall–Kier alpha value is -4.41. The third kappa shape index (κ3) is 5.24. The summed E-state index contributed by atoms with van der Waals surface area (Å²) in [5.41, 5.74) is 0.466. The molecule has 0 radical (unpaired) electrons. The smallest absolute Gasteiger partial charge is 0.361 e. The van der Waals surface area contributed by atoms with Crippen molar-refractivity contribution in [3.8, 4) is 5.69 Å². The minimum Gasteiger partial charge on any atom is -0.361 e. The lowest BCUT2D eigenvalue weighted by Crippen LogP contribution is -2.16. The van der Waals surface area contributed by atoms with Gasteiger partial charge in [-0.3, -0.25) is 9.59 Å². The lowest BCUT2D eigenvalue weighted by molar-refractivity contribution is -0.137. The zero-order valence-electron chi connectivity index (χ0n) is 18.9. The second-order valence-electron chi connectivity index (χ2n) is 7.87. The van der Waals surface area contributed by atoms with Gasteiger partial charge in [-0.05, 0) is 56.7 Å². The van der Waals surface area contributed by atoms with Crippen molar-refractivity contribution >= 4 is 23.2 Å². The molecule has 2 amide bonds. The van der Waals surface area contributed by atoms with Crippen molar-refractivity contribution in [2.45, 2.75) is 26.9 Å². The first-order chi connectivity index (χ1) is 16.5. The van der Waals surface area contributed by atoms with Crippen LogP contribution >= 0.6 is 0 Å². The quantitative estimate of drug-likeness (QED) is 0.401. The average molecular weight is 483 g/mol. The zero-order valence-corrected chi connectivity index (χ0v) is 18.9. The number of halogens is 3. The molecule has 0 aliphatic rings. The van der Waals surface area contributed by atoms with Crippen LogP contribution in [-0.4, -0.2) is 26.5 Å².